The Bertz CT molecular complexity index is 882. The summed E-state index contributed by atoms with van der Waals surface area (Å²) >= 11 is 0. The first-order valence-electron chi connectivity index (χ1n) is 8.53. The first-order chi connectivity index (χ1) is 13.3. The number of benzene rings is 2. The normalized spacial score (nSPS) is 13.3. The highest BCUT2D eigenvalue weighted by molar-refractivity contribution is 5.80. The minimum absolute atomic E-state index is 0.0153. The van der Waals surface area contributed by atoms with E-state index in [0.717, 1.165) is 12.1 Å². The molecule has 0 aliphatic heterocycles. The van der Waals surface area contributed by atoms with Crippen LogP contribution in [0, 0.1) is 12.7 Å². The molecule has 29 heavy (non-hydrogen) atoms. The second-order valence-corrected chi connectivity index (χ2v) is 6.39. The first kappa shape index (κ1) is 22.7. The zero-order valence-electron chi connectivity index (χ0n) is 15.6. The molecule has 1 unspecified atom stereocenters. The average molecular weight is 422 g/mol. The maximum atomic E-state index is 14.6. The van der Waals surface area contributed by atoms with E-state index >= 15 is 0 Å². The van der Waals surface area contributed by atoms with Gasteiger partial charge in [-0.1, -0.05) is 6.07 Å². The highest BCUT2D eigenvalue weighted by Crippen LogP contribution is 2.45. The number of hydrogen-bond donors (Lipinski definition) is 0. The zero-order chi connectivity index (χ0) is 22.1. The summed E-state index contributed by atoms with van der Waals surface area (Å²) in [6.07, 6.45) is -10.2. The number of alkyl halides is 6. The molecule has 2 aromatic carbocycles. The van der Waals surface area contributed by atoms with Crippen LogP contribution in [0.3, 0.4) is 0 Å². The Kier molecular flexibility index (Phi) is 6.30. The highest BCUT2D eigenvalue weighted by atomic mass is 19.4. The monoisotopic (exact) mass is 422 g/mol. The minimum Gasteiger partial charge on any atom is -0.466 e. The third kappa shape index (κ3) is 4.71. The second kappa shape index (κ2) is 8.04. The lowest BCUT2D eigenvalue weighted by atomic mass is 9.88. The number of ether oxygens (including phenoxy) is 1. The summed E-state index contributed by atoms with van der Waals surface area (Å²) in [7, 11) is 0. The third-order valence-electron chi connectivity index (χ3n) is 4.35. The van der Waals surface area contributed by atoms with Crippen LogP contribution >= 0.6 is 0 Å². The van der Waals surface area contributed by atoms with E-state index in [1.165, 1.54) is 20.8 Å². The Morgan fingerprint density at radius 3 is 2.00 bits per heavy atom. The third-order valence-corrected chi connectivity index (χ3v) is 4.35. The number of aryl methyl sites for hydroxylation is 1. The lowest BCUT2D eigenvalue weighted by molar-refractivity contribution is -0.145. The zero-order valence-corrected chi connectivity index (χ0v) is 15.6. The summed E-state index contributed by atoms with van der Waals surface area (Å²) in [6.45, 7) is 3.96. The lowest BCUT2D eigenvalue weighted by Gasteiger charge is -2.21. The molecule has 0 aromatic heterocycles. The van der Waals surface area contributed by atoms with Gasteiger partial charge < -0.3 is 4.74 Å². The van der Waals surface area contributed by atoms with Gasteiger partial charge in [0.15, 0.2) is 0 Å². The second-order valence-electron chi connectivity index (χ2n) is 6.39. The highest BCUT2D eigenvalue weighted by Gasteiger charge is 2.41. The summed E-state index contributed by atoms with van der Waals surface area (Å²) in [5.41, 5.74) is -5.16. The molecule has 2 rings (SSSR count). The maximum Gasteiger partial charge on any atom is 0.417 e. The van der Waals surface area contributed by atoms with Gasteiger partial charge in [-0.05, 0) is 56.2 Å². The molecule has 0 spiro atoms. The molecule has 0 heterocycles. The van der Waals surface area contributed by atoms with E-state index in [-0.39, 0.29) is 17.7 Å². The van der Waals surface area contributed by atoms with Crippen molar-refractivity contribution in [3.8, 4) is 11.1 Å². The average Bonchev–Trinajstić information content (AvgIpc) is 2.61. The van der Waals surface area contributed by atoms with Crippen LogP contribution in [0.25, 0.3) is 11.1 Å². The van der Waals surface area contributed by atoms with Crippen LogP contribution in [-0.4, -0.2) is 12.6 Å². The van der Waals surface area contributed by atoms with Gasteiger partial charge in [-0.2, -0.15) is 26.3 Å². The van der Waals surface area contributed by atoms with Crippen molar-refractivity contribution in [1.82, 2.24) is 0 Å². The van der Waals surface area contributed by atoms with Crippen LogP contribution in [0.15, 0.2) is 30.3 Å². The van der Waals surface area contributed by atoms with Crippen molar-refractivity contribution in [3.63, 3.8) is 0 Å². The summed E-state index contributed by atoms with van der Waals surface area (Å²) in [4.78, 5) is 12.0. The van der Waals surface area contributed by atoms with E-state index in [1.54, 1.807) is 0 Å². The SMILES string of the molecule is CCOC(=O)C(C)c1cc(-c2c(C(F)(F)F)cccc2C(F)(F)F)cc(C)c1F. The van der Waals surface area contributed by atoms with Crippen molar-refractivity contribution in [1.29, 1.82) is 0 Å². The van der Waals surface area contributed by atoms with Crippen LogP contribution in [0.2, 0.25) is 0 Å². The molecular formula is C20H17F7O2. The van der Waals surface area contributed by atoms with Crippen molar-refractivity contribution >= 4 is 5.97 Å². The Hall–Kier alpha value is -2.58. The van der Waals surface area contributed by atoms with Gasteiger partial charge in [-0.3, -0.25) is 4.79 Å². The van der Waals surface area contributed by atoms with E-state index in [0.29, 0.717) is 18.2 Å². The summed E-state index contributed by atoms with van der Waals surface area (Å²) in [5, 5.41) is 0. The number of carbonyl (C=O) groups is 1. The van der Waals surface area contributed by atoms with Crippen molar-refractivity contribution < 1.29 is 40.3 Å². The number of rotatable bonds is 4. The fraction of sp³-hybridized carbons (Fsp3) is 0.350. The van der Waals surface area contributed by atoms with Gasteiger partial charge >= 0.3 is 18.3 Å². The van der Waals surface area contributed by atoms with Gasteiger partial charge in [0.05, 0.1) is 23.7 Å². The van der Waals surface area contributed by atoms with Crippen LogP contribution < -0.4 is 0 Å². The largest absolute Gasteiger partial charge is 0.466 e. The number of halogens is 7. The molecule has 0 amide bonds. The van der Waals surface area contributed by atoms with Gasteiger partial charge in [-0.25, -0.2) is 4.39 Å². The molecule has 0 aliphatic carbocycles. The topological polar surface area (TPSA) is 26.3 Å². The van der Waals surface area contributed by atoms with E-state index in [2.05, 4.69) is 0 Å². The van der Waals surface area contributed by atoms with Gasteiger partial charge in [-0.15, -0.1) is 0 Å². The van der Waals surface area contributed by atoms with E-state index in [4.69, 9.17) is 4.74 Å². The molecule has 0 N–H and O–H groups in total. The predicted octanol–water partition coefficient (Wildman–Crippen LogP) is 6.51. The Balaban J connectivity index is 2.83. The van der Waals surface area contributed by atoms with Gasteiger partial charge in [0.2, 0.25) is 0 Å². The number of esters is 1. The van der Waals surface area contributed by atoms with Gasteiger partial charge in [0.25, 0.3) is 0 Å². The fourth-order valence-electron chi connectivity index (χ4n) is 2.99. The maximum absolute atomic E-state index is 14.6. The van der Waals surface area contributed by atoms with Crippen LogP contribution in [-0.2, 0) is 21.9 Å². The quantitative estimate of drug-likeness (QED) is 0.415. The summed E-state index contributed by atoms with van der Waals surface area (Å²) < 4.78 is 100. The van der Waals surface area contributed by atoms with Crippen LogP contribution in [0.4, 0.5) is 30.7 Å². The molecule has 9 heteroatoms. The van der Waals surface area contributed by atoms with E-state index < -0.39 is 52.3 Å². The van der Waals surface area contributed by atoms with Crippen LogP contribution in [0.5, 0.6) is 0 Å². The standard InChI is InChI=1S/C20H17F7O2/c1-4-29-18(28)11(3)13-9-12(8-10(2)17(13)21)16-14(19(22,23)24)6-5-7-15(16)20(25,26)27/h5-9,11H,4H2,1-3H3. The Morgan fingerprint density at radius 1 is 1.03 bits per heavy atom. The molecular weight excluding hydrogens is 405 g/mol. The van der Waals surface area contributed by atoms with E-state index in [9.17, 15) is 35.5 Å². The molecule has 0 saturated heterocycles. The molecule has 0 fully saturated rings. The number of carbonyl (C=O) groups excluding carboxylic acids is 1. The van der Waals surface area contributed by atoms with Crippen molar-refractivity contribution in [3.05, 3.63) is 58.4 Å². The molecule has 0 bridgehead atoms. The summed E-state index contributed by atoms with van der Waals surface area (Å²) in [5.74, 6) is -2.96. The lowest BCUT2D eigenvalue weighted by Crippen LogP contribution is -2.16. The molecule has 1 atom stereocenters. The molecule has 0 radical (unpaired) electrons. The Labute approximate surface area is 162 Å². The fourth-order valence-corrected chi connectivity index (χ4v) is 2.99. The molecule has 2 aromatic rings. The number of hydrogen-bond acceptors (Lipinski definition) is 2. The van der Waals surface area contributed by atoms with Crippen molar-refractivity contribution in [2.24, 2.45) is 0 Å². The predicted molar refractivity (Wildman–Crippen MR) is 91.6 cm³/mol. The van der Waals surface area contributed by atoms with Crippen molar-refractivity contribution in [2.75, 3.05) is 6.61 Å². The Morgan fingerprint density at radius 2 is 1.55 bits per heavy atom. The molecule has 0 saturated carbocycles. The van der Waals surface area contributed by atoms with Gasteiger partial charge in [0.1, 0.15) is 5.82 Å². The molecule has 2 nitrogen and oxygen atoms in total. The minimum atomic E-state index is -5.08. The van der Waals surface area contributed by atoms with Crippen LogP contribution in [0.1, 0.15) is 42.0 Å². The molecule has 158 valence electrons. The smallest absolute Gasteiger partial charge is 0.417 e. The molecule has 0 aliphatic rings. The van der Waals surface area contributed by atoms with Crippen molar-refractivity contribution in [2.45, 2.75) is 39.0 Å². The van der Waals surface area contributed by atoms with E-state index in [1.807, 2.05) is 0 Å². The summed E-state index contributed by atoms with van der Waals surface area (Å²) in [6, 6.07) is 3.45. The van der Waals surface area contributed by atoms with Gasteiger partial charge in [0, 0.05) is 11.1 Å². The first-order valence-corrected chi connectivity index (χ1v) is 8.53.